The zero-order valence-corrected chi connectivity index (χ0v) is 8.60. The van der Waals surface area contributed by atoms with Crippen LogP contribution in [-0.2, 0) is 0 Å². The van der Waals surface area contributed by atoms with Gasteiger partial charge in [-0.25, -0.2) is 9.97 Å². The highest BCUT2D eigenvalue weighted by atomic mass is 35.5. The molecule has 0 radical (unpaired) electrons. The monoisotopic (exact) mass is 215 g/mol. The molecule has 0 aliphatic rings. The molecule has 6 heteroatoms. The van der Waals surface area contributed by atoms with E-state index in [1.165, 1.54) is 12.4 Å². The molecule has 76 valence electrons. The van der Waals surface area contributed by atoms with E-state index in [0.717, 1.165) is 0 Å². The van der Waals surface area contributed by atoms with Crippen LogP contribution in [0.5, 0.6) is 0 Å². The van der Waals surface area contributed by atoms with Gasteiger partial charge in [0.1, 0.15) is 18.2 Å². The highest BCUT2D eigenvalue weighted by Crippen LogP contribution is 2.20. The highest BCUT2D eigenvalue weighted by molar-refractivity contribution is 6.20. The van der Waals surface area contributed by atoms with Crippen molar-refractivity contribution in [2.24, 2.45) is 0 Å². The summed E-state index contributed by atoms with van der Waals surface area (Å²) < 4.78 is 0. The van der Waals surface area contributed by atoms with Crippen molar-refractivity contribution in [3.63, 3.8) is 0 Å². The fourth-order valence-corrected chi connectivity index (χ4v) is 0.979. The second-order valence-corrected chi connectivity index (χ2v) is 3.71. The van der Waals surface area contributed by atoms with Crippen molar-refractivity contribution < 1.29 is 4.92 Å². The summed E-state index contributed by atoms with van der Waals surface area (Å²) in [4.78, 5) is 17.6. The molecule has 0 amide bonds. The topological polar surface area (TPSA) is 68.9 Å². The highest BCUT2D eigenvalue weighted by Gasteiger charge is 2.16. The number of halogens is 1. The van der Waals surface area contributed by atoms with Gasteiger partial charge in [0.05, 0.1) is 4.92 Å². The zero-order chi connectivity index (χ0) is 10.7. The van der Waals surface area contributed by atoms with E-state index in [9.17, 15) is 10.1 Å². The summed E-state index contributed by atoms with van der Waals surface area (Å²) in [6.45, 7) is 3.70. The Morgan fingerprint density at radius 2 is 1.93 bits per heavy atom. The molecule has 0 bridgehead atoms. The molecule has 0 fully saturated rings. The average Bonchev–Trinajstić information content (AvgIpc) is 2.16. The van der Waals surface area contributed by atoms with Gasteiger partial charge in [-0.15, -0.1) is 11.6 Å². The first-order valence-corrected chi connectivity index (χ1v) is 4.56. The van der Waals surface area contributed by atoms with Crippen LogP contribution in [0.4, 0.5) is 5.69 Å². The lowest BCUT2D eigenvalue weighted by molar-refractivity contribution is -0.385. The van der Waals surface area contributed by atoms with Gasteiger partial charge >= 0.3 is 5.69 Å². The van der Waals surface area contributed by atoms with Crippen LogP contribution in [0.25, 0.3) is 0 Å². The number of hydrogen-bond donors (Lipinski definition) is 0. The minimum absolute atomic E-state index is 0.0162. The van der Waals surface area contributed by atoms with Crippen molar-refractivity contribution >= 4 is 17.3 Å². The van der Waals surface area contributed by atoms with Crippen molar-refractivity contribution in [2.75, 3.05) is 0 Å². The van der Waals surface area contributed by atoms with Gasteiger partial charge in [-0.1, -0.05) is 6.92 Å². The molecular weight excluding hydrogens is 206 g/mol. The third kappa shape index (κ3) is 2.38. The molecule has 5 nitrogen and oxygen atoms in total. The van der Waals surface area contributed by atoms with Gasteiger partial charge < -0.3 is 0 Å². The number of aromatic nitrogens is 2. The third-order valence-corrected chi connectivity index (χ3v) is 2.34. The molecule has 0 aliphatic heterocycles. The quantitative estimate of drug-likeness (QED) is 0.440. The van der Waals surface area contributed by atoms with E-state index in [1.54, 1.807) is 0 Å². The lowest BCUT2D eigenvalue weighted by Gasteiger charge is -2.10. The summed E-state index contributed by atoms with van der Waals surface area (Å²) in [6.07, 6.45) is 2.39. The Labute approximate surface area is 86.3 Å². The number of nitro groups is 1. The maximum absolute atomic E-state index is 10.3. The largest absolute Gasteiger partial charge is 0.305 e. The van der Waals surface area contributed by atoms with E-state index in [0.29, 0.717) is 5.82 Å². The minimum atomic E-state index is -0.529. The van der Waals surface area contributed by atoms with Gasteiger partial charge in [0.25, 0.3) is 0 Å². The molecule has 2 atom stereocenters. The van der Waals surface area contributed by atoms with Crippen molar-refractivity contribution in [2.45, 2.75) is 25.1 Å². The normalized spacial score (nSPS) is 14.8. The van der Waals surface area contributed by atoms with Crippen molar-refractivity contribution in [3.05, 3.63) is 28.3 Å². The smallest absolute Gasteiger partial charge is 0.258 e. The first-order chi connectivity index (χ1) is 6.52. The van der Waals surface area contributed by atoms with Crippen LogP contribution in [0.2, 0.25) is 0 Å². The Morgan fingerprint density at radius 3 is 2.29 bits per heavy atom. The molecule has 0 aliphatic carbocycles. The first-order valence-electron chi connectivity index (χ1n) is 4.12. The van der Waals surface area contributed by atoms with E-state index in [4.69, 9.17) is 11.6 Å². The van der Waals surface area contributed by atoms with Crippen LogP contribution in [-0.4, -0.2) is 20.3 Å². The fraction of sp³-hybridized carbons (Fsp3) is 0.500. The summed E-state index contributed by atoms with van der Waals surface area (Å²) in [5, 5.41) is 10.2. The van der Waals surface area contributed by atoms with E-state index >= 15 is 0 Å². The van der Waals surface area contributed by atoms with Gasteiger partial charge in [0.2, 0.25) is 0 Å². The van der Waals surface area contributed by atoms with Gasteiger partial charge in [0.15, 0.2) is 0 Å². The predicted molar refractivity (Wildman–Crippen MR) is 52.4 cm³/mol. The molecule has 14 heavy (non-hydrogen) atoms. The lowest BCUT2D eigenvalue weighted by atomic mass is 10.1. The Balaban J connectivity index is 2.88. The van der Waals surface area contributed by atoms with E-state index in [2.05, 4.69) is 9.97 Å². The van der Waals surface area contributed by atoms with Crippen molar-refractivity contribution in [3.8, 4) is 0 Å². The summed E-state index contributed by atoms with van der Waals surface area (Å²) in [5.74, 6) is 0.510. The lowest BCUT2D eigenvalue weighted by Crippen LogP contribution is -2.09. The van der Waals surface area contributed by atoms with Gasteiger partial charge in [-0.3, -0.25) is 10.1 Å². The van der Waals surface area contributed by atoms with E-state index in [-0.39, 0.29) is 17.0 Å². The van der Waals surface area contributed by atoms with Crippen molar-refractivity contribution in [1.29, 1.82) is 0 Å². The van der Waals surface area contributed by atoms with Crippen LogP contribution in [0, 0.1) is 10.1 Å². The summed E-state index contributed by atoms with van der Waals surface area (Å²) >= 11 is 5.85. The molecule has 1 aromatic heterocycles. The predicted octanol–water partition coefficient (Wildman–Crippen LogP) is 2.12. The zero-order valence-electron chi connectivity index (χ0n) is 7.85. The Morgan fingerprint density at radius 1 is 1.43 bits per heavy atom. The van der Waals surface area contributed by atoms with Gasteiger partial charge in [-0.2, -0.15) is 0 Å². The van der Waals surface area contributed by atoms with Gasteiger partial charge in [0, 0.05) is 11.3 Å². The van der Waals surface area contributed by atoms with Crippen LogP contribution < -0.4 is 0 Å². The maximum Gasteiger partial charge on any atom is 0.305 e. The molecule has 0 saturated heterocycles. The van der Waals surface area contributed by atoms with Crippen LogP contribution in [0.1, 0.15) is 25.6 Å². The van der Waals surface area contributed by atoms with Crippen LogP contribution >= 0.6 is 11.6 Å². The fourth-order valence-electron chi connectivity index (χ4n) is 0.866. The van der Waals surface area contributed by atoms with E-state index < -0.39 is 4.92 Å². The maximum atomic E-state index is 10.3. The summed E-state index contributed by atoms with van der Waals surface area (Å²) in [5.41, 5.74) is -0.108. The number of alkyl halides is 1. The Kier molecular flexibility index (Phi) is 3.35. The Bertz CT molecular complexity index is 326. The molecule has 0 saturated carbocycles. The second-order valence-electron chi connectivity index (χ2n) is 3.02. The third-order valence-electron chi connectivity index (χ3n) is 1.97. The summed E-state index contributed by atoms with van der Waals surface area (Å²) in [6, 6.07) is 0. The van der Waals surface area contributed by atoms with Crippen molar-refractivity contribution in [1.82, 2.24) is 9.97 Å². The standard InChI is InChI=1S/C8H10ClN3O2/c1-5(6(2)9)8-10-3-7(4-11-8)12(13)14/h3-6H,1-2H3. The average molecular weight is 216 g/mol. The molecule has 0 aromatic carbocycles. The second kappa shape index (κ2) is 4.32. The molecule has 1 rings (SSSR count). The number of rotatable bonds is 3. The van der Waals surface area contributed by atoms with E-state index in [1.807, 2.05) is 13.8 Å². The SMILES string of the molecule is CC(Cl)C(C)c1ncc([N+](=O)[O-])cn1. The molecule has 1 heterocycles. The Hall–Kier alpha value is -1.23. The molecule has 0 spiro atoms. The number of hydrogen-bond acceptors (Lipinski definition) is 4. The molecule has 0 N–H and O–H groups in total. The molecule has 2 unspecified atom stereocenters. The first kappa shape index (κ1) is 10.8. The number of nitrogens with zero attached hydrogens (tertiary/aromatic N) is 3. The molecule has 1 aromatic rings. The minimum Gasteiger partial charge on any atom is -0.258 e. The van der Waals surface area contributed by atoms with Crippen LogP contribution in [0.15, 0.2) is 12.4 Å². The molecular formula is C8H10ClN3O2. The summed E-state index contributed by atoms with van der Waals surface area (Å²) in [7, 11) is 0. The van der Waals surface area contributed by atoms with Gasteiger partial charge in [-0.05, 0) is 6.92 Å². The van der Waals surface area contributed by atoms with Crippen LogP contribution in [0.3, 0.4) is 0 Å².